The molecule has 1 atom stereocenters. The second kappa shape index (κ2) is 4.91. The van der Waals surface area contributed by atoms with Crippen molar-refractivity contribution in [2.24, 2.45) is 5.92 Å². The van der Waals surface area contributed by atoms with E-state index < -0.39 is 0 Å². The molecule has 0 bridgehead atoms. The van der Waals surface area contributed by atoms with E-state index in [9.17, 15) is 5.11 Å². The number of hydrogen-bond donors (Lipinski definition) is 2. The maximum Gasteiger partial charge on any atom is 0.142 e. The maximum atomic E-state index is 9.31. The molecule has 0 saturated carbocycles. The third kappa shape index (κ3) is 2.04. The van der Waals surface area contributed by atoms with Crippen LogP contribution in [-0.4, -0.2) is 53.0 Å². The average molecular weight is 248 g/mol. The van der Waals surface area contributed by atoms with Crippen LogP contribution in [0.4, 0.5) is 5.82 Å². The molecule has 0 unspecified atom stereocenters. The monoisotopic (exact) mass is 248 g/mol. The number of ether oxygens (including phenoxy) is 1. The van der Waals surface area contributed by atoms with Crippen LogP contribution in [0.2, 0.25) is 0 Å². The predicted molar refractivity (Wildman–Crippen MR) is 67.5 cm³/mol. The van der Waals surface area contributed by atoms with E-state index in [1.165, 1.54) is 0 Å². The van der Waals surface area contributed by atoms with Crippen molar-refractivity contribution in [2.75, 3.05) is 37.8 Å². The standard InChI is InChI=1S/C12H16N4O2/c17-6-9-5-16(3-4-18-7-9)12-10-1-2-13-11(10)14-8-15-12/h1-2,8-9,17H,3-7H2,(H,13,14,15)/t9-/m0/s1. The lowest BCUT2D eigenvalue weighted by Crippen LogP contribution is -2.32. The topological polar surface area (TPSA) is 74.3 Å². The fraction of sp³-hybridized carbons (Fsp3) is 0.500. The summed E-state index contributed by atoms with van der Waals surface area (Å²) >= 11 is 0. The van der Waals surface area contributed by atoms with Crippen LogP contribution in [0.1, 0.15) is 0 Å². The number of aliphatic hydroxyl groups excluding tert-OH is 1. The molecule has 2 N–H and O–H groups in total. The van der Waals surface area contributed by atoms with Gasteiger partial charge in [0.2, 0.25) is 0 Å². The molecule has 6 heteroatoms. The van der Waals surface area contributed by atoms with Crippen molar-refractivity contribution in [3.63, 3.8) is 0 Å². The normalized spacial score (nSPS) is 21.2. The number of aromatic amines is 1. The van der Waals surface area contributed by atoms with Crippen LogP contribution >= 0.6 is 0 Å². The summed E-state index contributed by atoms with van der Waals surface area (Å²) in [7, 11) is 0. The fourth-order valence-electron chi connectivity index (χ4n) is 2.29. The fourth-order valence-corrected chi connectivity index (χ4v) is 2.29. The highest BCUT2D eigenvalue weighted by atomic mass is 16.5. The van der Waals surface area contributed by atoms with E-state index in [4.69, 9.17) is 4.74 Å². The molecule has 0 aliphatic carbocycles. The molecule has 0 amide bonds. The molecular weight excluding hydrogens is 232 g/mol. The molecule has 2 aromatic heterocycles. The number of fused-ring (bicyclic) bond motifs is 1. The van der Waals surface area contributed by atoms with Gasteiger partial charge in [0.15, 0.2) is 0 Å². The first-order valence-corrected chi connectivity index (χ1v) is 6.10. The van der Waals surface area contributed by atoms with E-state index in [-0.39, 0.29) is 12.5 Å². The van der Waals surface area contributed by atoms with E-state index in [0.29, 0.717) is 13.2 Å². The Hall–Kier alpha value is -1.66. The smallest absolute Gasteiger partial charge is 0.142 e. The van der Waals surface area contributed by atoms with E-state index in [0.717, 1.165) is 29.9 Å². The van der Waals surface area contributed by atoms with Gasteiger partial charge in [0.25, 0.3) is 0 Å². The van der Waals surface area contributed by atoms with E-state index in [2.05, 4.69) is 19.9 Å². The minimum atomic E-state index is 0.136. The molecule has 2 aromatic rings. The van der Waals surface area contributed by atoms with Crippen molar-refractivity contribution in [2.45, 2.75) is 0 Å². The lowest BCUT2D eigenvalue weighted by Gasteiger charge is -2.23. The highest BCUT2D eigenvalue weighted by molar-refractivity contribution is 5.87. The lowest BCUT2D eigenvalue weighted by molar-refractivity contribution is 0.0959. The maximum absolute atomic E-state index is 9.31. The van der Waals surface area contributed by atoms with Crippen molar-refractivity contribution in [3.05, 3.63) is 18.6 Å². The van der Waals surface area contributed by atoms with E-state index >= 15 is 0 Å². The van der Waals surface area contributed by atoms with Crippen molar-refractivity contribution in [1.29, 1.82) is 0 Å². The Bertz CT molecular complexity index is 528. The van der Waals surface area contributed by atoms with Crippen LogP contribution in [0.25, 0.3) is 11.0 Å². The van der Waals surface area contributed by atoms with Gasteiger partial charge in [-0.15, -0.1) is 0 Å². The first kappa shape index (κ1) is 11.4. The van der Waals surface area contributed by atoms with Gasteiger partial charge in [-0.25, -0.2) is 9.97 Å². The molecule has 3 rings (SSSR count). The second-order valence-electron chi connectivity index (χ2n) is 4.51. The number of hydrogen-bond acceptors (Lipinski definition) is 5. The molecule has 1 aliphatic rings. The third-order valence-corrected chi connectivity index (χ3v) is 3.23. The molecule has 18 heavy (non-hydrogen) atoms. The molecule has 1 fully saturated rings. The van der Waals surface area contributed by atoms with Gasteiger partial charge in [-0.1, -0.05) is 0 Å². The average Bonchev–Trinajstić information content (AvgIpc) is 2.75. The minimum Gasteiger partial charge on any atom is -0.396 e. The first-order chi connectivity index (χ1) is 8.88. The summed E-state index contributed by atoms with van der Waals surface area (Å²) in [6.07, 6.45) is 3.43. The van der Waals surface area contributed by atoms with Crippen molar-refractivity contribution in [1.82, 2.24) is 15.0 Å². The largest absolute Gasteiger partial charge is 0.396 e. The summed E-state index contributed by atoms with van der Waals surface area (Å²) in [5.41, 5.74) is 0.839. The SMILES string of the molecule is OC[C@H]1COCCN(c2ncnc3[nH]ccc23)C1. The number of aromatic nitrogens is 3. The van der Waals surface area contributed by atoms with Crippen LogP contribution in [0.15, 0.2) is 18.6 Å². The van der Waals surface area contributed by atoms with Gasteiger partial charge in [-0.05, 0) is 6.07 Å². The number of nitrogens with one attached hydrogen (secondary N) is 1. The van der Waals surface area contributed by atoms with E-state index in [1.807, 2.05) is 12.3 Å². The zero-order chi connectivity index (χ0) is 12.4. The Kier molecular flexibility index (Phi) is 3.12. The zero-order valence-electron chi connectivity index (χ0n) is 10.0. The number of aliphatic hydroxyl groups is 1. The van der Waals surface area contributed by atoms with Crippen LogP contribution in [0.5, 0.6) is 0 Å². The van der Waals surface area contributed by atoms with Crippen LogP contribution in [0, 0.1) is 5.92 Å². The van der Waals surface area contributed by atoms with Crippen molar-refractivity contribution < 1.29 is 9.84 Å². The number of nitrogens with zero attached hydrogens (tertiary/aromatic N) is 3. The molecule has 3 heterocycles. The predicted octanol–water partition coefficient (Wildman–Crippen LogP) is 0.403. The van der Waals surface area contributed by atoms with Crippen molar-refractivity contribution in [3.8, 4) is 0 Å². The summed E-state index contributed by atoms with van der Waals surface area (Å²) in [4.78, 5) is 13.8. The van der Waals surface area contributed by atoms with Gasteiger partial charge in [-0.3, -0.25) is 0 Å². The lowest BCUT2D eigenvalue weighted by atomic mass is 10.1. The summed E-state index contributed by atoms with van der Waals surface area (Å²) in [6, 6.07) is 1.98. The number of rotatable bonds is 2. The van der Waals surface area contributed by atoms with Gasteiger partial charge in [0.1, 0.15) is 17.8 Å². The molecule has 96 valence electrons. The molecule has 6 nitrogen and oxygen atoms in total. The Balaban J connectivity index is 1.94. The minimum absolute atomic E-state index is 0.136. The quantitative estimate of drug-likeness (QED) is 0.805. The van der Waals surface area contributed by atoms with E-state index in [1.54, 1.807) is 6.33 Å². The number of H-pyrrole nitrogens is 1. The molecule has 0 spiro atoms. The third-order valence-electron chi connectivity index (χ3n) is 3.23. The molecule has 1 saturated heterocycles. The van der Waals surface area contributed by atoms with Crippen LogP contribution < -0.4 is 4.90 Å². The Morgan fingerprint density at radius 3 is 3.33 bits per heavy atom. The van der Waals surface area contributed by atoms with Gasteiger partial charge in [-0.2, -0.15) is 0 Å². The highest BCUT2D eigenvalue weighted by Crippen LogP contribution is 2.23. The Morgan fingerprint density at radius 2 is 2.44 bits per heavy atom. The summed E-state index contributed by atoms with van der Waals surface area (Å²) in [6.45, 7) is 2.94. The van der Waals surface area contributed by atoms with Crippen molar-refractivity contribution >= 4 is 16.9 Å². The van der Waals surface area contributed by atoms with Crippen LogP contribution in [-0.2, 0) is 4.74 Å². The summed E-state index contributed by atoms with van der Waals surface area (Å²) < 4.78 is 5.49. The highest BCUT2D eigenvalue weighted by Gasteiger charge is 2.20. The molecule has 0 aromatic carbocycles. The van der Waals surface area contributed by atoms with Gasteiger partial charge >= 0.3 is 0 Å². The Labute approximate surface area is 105 Å². The van der Waals surface area contributed by atoms with Gasteiger partial charge in [0, 0.05) is 31.8 Å². The zero-order valence-corrected chi connectivity index (χ0v) is 10.0. The number of anilines is 1. The molecule has 0 radical (unpaired) electrons. The first-order valence-electron chi connectivity index (χ1n) is 6.10. The molecular formula is C12H16N4O2. The Morgan fingerprint density at radius 1 is 1.50 bits per heavy atom. The second-order valence-corrected chi connectivity index (χ2v) is 4.51. The molecule has 1 aliphatic heterocycles. The van der Waals surface area contributed by atoms with Gasteiger partial charge < -0.3 is 19.7 Å². The van der Waals surface area contributed by atoms with Crippen LogP contribution in [0.3, 0.4) is 0 Å². The summed E-state index contributed by atoms with van der Waals surface area (Å²) in [5.74, 6) is 1.04. The summed E-state index contributed by atoms with van der Waals surface area (Å²) in [5, 5.41) is 10.3. The van der Waals surface area contributed by atoms with Gasteiger partial charge in [0.05, 0.1) is 18.6 Å².